The maximum Gasteiger partial charge on any atom is 0.256 e. The molecule has 3 aliphatic rings. The lowest BCUT2D eigenvalue weighted by Crippen LogP contribution is -2.40. The molecule has 1 spiro atoms. The summed E-state index contributed by atoms with van der Waals surface area (Å²) in [6.45, 7) is 9.38. The quantitative estimate of drug-likeness (QED) is 0.335. The number of carbonyl (C=O) groups excluding carboxylic acids is 1. The Morgan fingerprint density at radius 1 is 1.07 bits per heavy atom. The zero-order chi connectivity index (χ0) is 31.7. The summed E-state index contributed by atoms with van der Waals surface area (Å²) in [7, 11) is 1.50. The summed E-state index contributed by atoms with van der Waals surface area (Å²) in [6, 6.07) is 9.59. The summed E-state index contributed by atoms with van der Waals surface area (Å²) in [6.07, 6.45) is 5.52. The van der Waals surface area contributed by atoms with Gasteiger partial charge in [-0.05, 0) is 112 Å². The molecule has 2 fully saturated rings. The molecule has 6 rings (SSSR count). The number of halogens is 1. The minimum Gasteiger partial charge on any atom is -0.496 e. The summed E-state index contributed by atoms with van der Waals surface area (Å²) in [5.74, 6) is -0.186. The topological polar surface area (TPSA) is 92.9 Å². The van der Waals surface area contributed by atoms with Crippen LogP contribution in [0.3, 0.4) is 0 Å². The Hall–Kier alpha value is -3.69. The Morgan fingerprint density at radius 3 is 2.51 bits per heavy atom. The molecule has 0 saturated carbocycles. The Kier molecular flexibility index (Phi) is 9.02. The molecule has 2 aromatic carbocycles. The fourth-order valence-electron chi connectivity index (χ4n) is 7.64. The number of aromatic amines is 1. The van der Waals surface area contributed by atoms with Gasteiger partial charge in [0, 0.05) is 66.9 Å². The molecule has 0 atom stereocenters. The van der Waals surface area contributed by atoms with E-state index in [1.807, 2.05) is 13.0 Å². The minimum atomic E-state index is -0.330. The highest BCUT2D eigenvalue weighted by Gasteiger charge is 2.40. The number of H-pyrrole nitrogens is 1. The maximum atomic E-state index is 16.0. The number of amides is 1. The van der Waals surface area contributed by atoms with E-state index in [0.717, 1.165) is 75.1 Å². The summed E-state index contributed by atoms with van der Waals surface area (Å²) in [4.78, 5) is 31.8. The first-order valence-corrected chi connectivity index (χ1v) is 16.2. The third-order valence-electron chi connectivity index (χ3n) is 10.2. The number of rotatable bonds is 8. The monoisotopic (exact) mass is 617 g/mol. The van der Waals surface area contributed by atoms with Crippen LogP contribution in [0.1, 0.15) is 77.3 Å². The normalized spacial score (nSPS) is 17.7. The lowest BCUT2D eigenvalue weighted by atomic mass is 9.75. The lowest BCUT2D eigenvalue weighted by Gasteiger charge is -2.37. The van der Waals surface area contributed by atoms with E-state index >= 15 is 4.39 Å². The second-order valence-corrected chi connectivity index (χ2v) is 12.7. The highest BCUT2D eigenvalue weighted by Crippen LogP contribution is 2.48. The number of anilines is 1. The molecule has 2 aliphatic heterocycles. The van der Waals surface area contributed by atoms with Crippen LogP contribution in [-0.4, -0.2) is 57.0 Å². The van der Waals surface area contributed by atoms with Crippen LogP contribution >= 0.6 is 0 Å². The van der Waals surface area contributed by atoms with Crippen molar-refractivity contribution in [2.75, 3.05) is 45.0 Å². The van der Waals surface area contributed by atoms with E-state index in [2.05, 4.69) is 28.2 Å². The number of hydrogen-bond acceptors (Lipinski definition) is 6. The number of fused-ring (bicyclic) bond motifs is 2. The van der Waals surface area contributed by atoms with Crippen molar-refractivity contribution in [3.05, 3.63) is 80.0 Å². The number of benzene rings is 2. The molecule has 240 valence electrons. The zero-order valence-electron chi connectivity index (χ0n) is 26.8. The van der Waals surface area contributed by atoms with Gasteiger partial charge in [0.1, 0.15) is 11.6 Å². The number of hydrogen-bond donors (Lipinski definition) is 2. The first-order chi connectivity index (χ1) is 21.7. The van der Waals surface area contributed by atoms with Crippen LogP contribution < -0.4 is 20.5 Å². The van der Waals surface area contributed by atoms with Crippen molar-refractivity contribution in [3.63, 3.8) is 0 Å². The number of nitrogens with zero attached hydrogens (tertiary/aromatic N) is 1. The molecule has 1 aliphatic carbocycles. The standard InChI is InChI=1S/C36H44FN3O5/c1-5-40(26-7-12-44-13-8-26)32-19-25(28-20-30-24(18-31(28)37)6-9-36(30)10-14-45-15-11-36)17-27(23(32)3)34(41)38-21-29-33(43-4)16-22(2)39-35(29)42/h16-20,26H,5-15,21H2,1-4H3,(H,38,41)(H,39,42). The molecule has 1 amide bonds. The molecular weight excluding hydrogens is 573 g/mol. The molecule has 3 heterocycles. The number of carbonyl (C=O) groups is 1. The van der Waals surface area contributed by atoms with Gasteiger partial charge in [-0.15, -0.1) is 0 Å². The number of ether oxygens (including phenoxy) is 3. The highest BCUT2D eigenvalue weighted by molar-refractivity contribution is 5.99. The van der Waals surface area contributed by atoms with E-state index in [1.54, 1.807) is 25.1 Å². The fourth-order valence-corrected chi connectivity index (χ4v) is 7.64. The minimum absolute atomic E-state index is 0.00806. The van der Waals surface area contributed by atoms with Crippen molar-refractivity contribution in [1.29, 1.82) is 0 Å². The Morgan fingerprint density at radius 2 is 1.80 bits per heavy atom. The van der Waals surface area contributed by atoms with Gasteiger partial charge in [-0.3, -0.25) is 9.59 Å². The zero-order valence-corrected chi connectivity index (χ0v) is 26.8. The van der Waals surface area contributed by atoms with Gasteiger partial charge in [-0.1, -0.05) is 0 Å². The summed E-state index contributed by atoms with van der Waals surface area (Å²) in [5, 5.41) is 2.95. The highest BCUT2D eigenvalue weighted by atomic mass is 19.1. The number of pyridine rings is 1. The Bertz CT molecular complexity index is 1640. The molecule has 0 bridgehead atoms. The predicted molar refractivity (Wildman–Crippen MR) is 173 cm³/mol. The number of methoxy groups -OCH3 is 1. The van der Waals surface area contributed by atoms with Gasteiger partial charge in [-0.25, -0.2) is 4.39 Å². The average Bonchev–Trinajstić information content (AvgIpc) is 3.37. The van der Waals surface area contributed by atoms with Crippen LogP contribution in [0.4, 0.5) is 10.1 Å². The van der Waals surface area contributed by atoms with Crippen LogP contribution in [0.25, 0.3) is 11.1 Å². The summed E-state index contributed by atoms with van der Waals surface area (Å²) in [5.41, 5.74) is 6.39. The molecule has 3 aromatic rings. The van der Waals surface area contributed by atoms with Crippen molar-refractivity contribution in [1.82, 2.24) is 10.3 Å². The molecule has 9 heteroatoms. The van der Waals surface area contributed by atoms with Gasteiger partial charge in [0.15, 0.2) is 0 Å². The van der Waals surface area contributed by atoms with Gasteiger partial charge in [-0.2, -0.15) is 0 Å². The fraction of sp³-hybridized carbons (Fsp3) is 0.500. The van der Waals surface area contributed by atoms with Gasteiger partial charge in [0.2, 0.25) is 0 Å². The van der Waals surface area contributed by atoms with Crippen molar-refractivity contribution in [2.24, 2.45) is 0 Å². The van der Waals surface area contributed by atoms with E-state index in [0.29, 0.717) is 46.9 Å². The van der Waals surface area contributed by atoms with Gasteiger partial charge in [0.05, 0.1) is 19.2 Å². The molecule has 45 heavy (non-hydrogen) atoms. The van der Waals surface area contributed by atoms with E-state index in [-0.39, 0.29) is 35.3 Å². The summed E-state index contributed by atoms with van der Waals surface area (Å²) >= 11 is 0. The molecule has 0 unspecified atom stereocenters. The lowest BCUT2D eigenvalue weighted by molar-refractivity contribution is 0.0506. The van der Waals surface area contributed by atoms with Crippen molar-refractivity contribution < 1.29 is 23.4 Å². The average molecular weight is 618 g/mol. The molecule has 0 radical (unpaired) electrons. The van der Waals surface area contributed by atoms with E-state index in [1.165, 1.54) is 12.7 Å². The second kappa shape index (κ2) is 13.0. The maximum absolute atomic E-state index is 16.0. The van der Waals surface area contributed by atoms with E-state index in [4.69, 9.17) is 14.2 Å². The van der Waals surface area contributed by atoms with Crippen molar-refractivity contribution in [2.45, 2.75) is 77.3 Å². The summed E-state index contributed by atoms with van der Waals surface area (Å²) < 4.78 is 32.8. The van der Waals surface area contributed by atoms with Crippen LogP contribution in [0.15, 0.2) is 35.1 Å². The molecule has 1 aromatic heterocycles. The van der Waals surface area contributed by atoms with Gasteiger partial charge in [0.25, 0.3) is 11.5 Å². The van der Waals surface area contributed by atoms with Crippen LogP contribution in [0, 0.1) is 19.7 Å². The number of aromatic nitrogens is 1. The van der Waals surface area contributed by atoms with Crippen molar-refractivity contribution in [3.8, 4) is 16.9 Å². The first-order valence-electron chi connectivity index (χ1n) is 16.2. The molecule has 2 N–H and O–H groups in total. The molecule has 8 nitrogen and oxygen atoms in total. The van der Waals surface area contributed by atoms with Crippen molar-refractivity contribution >= 4 is 11.6 Å². The Labute approximate surface area is 264 Å². The first kappa shape index (κ1) is 31.3. The van der Waals surface area contributed by atoms with E-state index in [9.17, 15) is 9.59 Å². The van der Waals surface area contributed by atoms with Gasteiger partial charge < -0.3 is 29.4 Å². The van der Waals surface area contributed by atoms with Crippen LogP contribution in [0.5, 0.6) is 5.75 Å². The molecular formula is C36H44FN3O5. The molecule has 2 saturated heterocycles. The van der Waals surface area contributed by atoms with Crippen LogP contribution in [-0.2, 0) is 27.9 Å². The van der Waals surface area contributed by atoms with Gasteiger partial charge >= 0.3 is 0 Å². The largest absolute Gasteiger partial charge is 0.496 e. The number of aryl methyl sites for hydroxylation is 2. The smallest absolute Gasteiger partial charge is 0.256 e. The third-order valence-corrected chi connectivity index (χ3v) is 10.2. The third kappa shape index (κ3) is 6.00. The van der Waals surface area contributed by atoms with Crippen LogP contribution in [0.2, 0.25) is 0 Å². The SMILES string of the molecule is CCN(c1cc(-c2cc3c(cc2F)CCC32CCOCC2)cc(C(=O)NCc2c(OC)cc(C)[nH]c2=O)c1C)C1CCOCC1. The van der Waals surface area contributed by atoms with E-state index < -0.39 is 0 Å². The Balaban J connectivity index is 1.43. The second-order valence-electron chi connectivity index (χ2n) is 12.7. The predicted octanol–water partition coefficient (Wildman–Crippen LogP) is 5.74. The number of nitrogens with one attached hydrogen (secondary N) is 2.